The van der Waals surface area contributed by atoms with Gasteiger partial charge in [-0.15, -0.1) is 0 Å². The van der Waals surface area contributed by atoms with Gasteiger partial charge in [-0.2, -0.15) is 8.42 Å². The molecular weight excluding hydrogens is 188 g/mol. The fourth-order valence-electron chi connectivity index (χ4n) is 0.0781. The molecule has 0 fully saturated rings. The zero-order chi connectivity index (χ0) is 8.20. The summed E-state index contributed by atoms with van der Waals surface area (Å²) in [6.45, 7) is 0. The highest BCUT2D eigenvalue weighted by molar-refractivity contribution is 7.80. The van der Waals surface area contributed by atoms with Crippen LogP contribution in [-0.2, 0) is 28.8 Å². The maximum absolute atomic E-state index is 9.57. The predicted molar refractivity (Wildman–Crippen MR) is 23.5 cm³/mol. The molecule has 0 bridgehead atoms. The SMILES string of the molecule is O=[Si](O)OOOS(=O)(=O)O. The van der Waals surface area contributed by atoms with E-state index in [4.69, 9.17) is 9.35 Å². The average molecular weight is 190 g/mol. The Kier molecular flexibility index (Phi) is 3.38. The summed E-state index contributed by atoms with van der Waals surface area (Å²) in [6, 6.07) is 0. The Hall–Kier alpha value is -0.553. The van der Waals surface area contributed by atoms with Gasteiger partial charge in [-0.1, -0.05) is 0 Å². The highest BCUT2D eigenvalue weighted by Gasteiger charge is 2.11. The van der Waals surface area contributed by atoms with E-state index in [2.05, 4.69) is 13.9 Å². The Morgan fingerprint density at radius 1 is 1.40 bits per heavy atom. The molecule has 0 aromatic rings. The number of hydrogen-bond donors (Lipinski definition) is 2. The van der Waals surface area contributed by atoms with Crippen molar-refractivity contribution >= 4 is 19.6 Å². The summed E-state index contributed by atoms with van der Waals surface area (Å²) >= 11 is 0. The zero-order valence-corrected chi connectivity index (χ0v) is 6.07. The molecule has 0 aromatic heterocycles. The molecule has 0 saturated carbocycles. The summed E-state index contributed by atoms with van der Waals surface area (Å²) in [7, 11) is -8.23. The van der Waals surface area contributed by atoms with Crippen LogP contribution < -0.4 is 0 Å². The highest BCUT2D eigenvalue weighted by atomic mass is 32.3. The van der Waals surface area contributed by atoms with E-state index in [0.29, 0.717) is 0 Å². The molecule has 10 heteroatoms. The van der Waals surface area contributed by atoms with Crippen LogP contribution >= 0.6 is 0 Å². The van der Waals surface area contributed by atoms with Gasteiger partial charge in [0.05, 0.1) is 0 Å². The van der Waals surface area contributed by atoms with Gasteiger partial charge in [0.25, 0.3) is 0 Å². The molecule has 0 heterocycles. The van der Waals surface area contributed by atoms with E-state index in [0.717, 1.165) is 0 Å². The van der Waals surface area contributed by atoms with E-state index in [1.807, 2.05) is 0 Å². The van der Waals surface area contributed by atoms with Crippen molar-refractivity contribution in [2.24, 2.45) is 0 Å². The second-order valence-electron chi connectivity index (χ2n) is 0.913. The van der Waals surface area contributed by atoms with Crippen LogP contribution in [0.3, 0.4) is 0 Å². The lowest BCUT2D eigenvalue weighted by atomic mass is 14.5. The maximum atomic E-state index is 9.57. The van der Waals surface area contributed by atoms with Gasteiger partial charge < -0.3 is 4.80 Å². The molecular formula is H2O8SSi. The molecule has 60 valence electrons. The first kappa shape index (κ1) is 9.45. The monoisotopic (exact) mass is 190 g/mol. The summed E-state index contributed by atoms with van der Waals surface area (Å²) < 4.78 is 42.7. The first-order chi connectivity index (χ1) is 4.42. The van der Waals surface area contributed by atoms with E-state index in [9.17, 15) is 12.9 Å². The standard InChI is InChI=1S/H2O8SSi/c1-9(2,3)7-6-8-10(4)5/h4H,(H,1,2,3). The molecule has 0 aliphatic rings. The third-order valence-electron chi connectivity index (χ3n) is 0.219. The fraction of sp³-hybridized carbons (Fsp3) is 0. The second kappa shape index (κ2) is 3.57. The maximum Gasteiger partial charge on any atom is 0.800 e. The Morgan fingerprint density at radius 2 is 1.90 bits per heavy atom. The Bertz CT molecular complexity index is 199. The smallest absolute Gasteiger partial charge is 0.510 e. The summed E-state index contributed by atoms with van der Waals surface area (Å²) in [4.78, 5) is 7.79. The van der Waals surface area contributed by atoms with Gasteiger partial charge in [0, 0.05) is 0 Å². The van der Waals surface area contributed by atoms with Gasteiger partial charge in [0.1, 0.15) is 0 Å². The minimum absolute atomic E-state index is 3.01. The van der Waals surface area contributed by atoms with Crippen LogP contribution in [-0.4, -0.2) is 26.9 Å². The third kappa shape index (κ3) is 7.45. The highest BCUT2D eigenvalue weighted by Crippen LogP contribution is 1.87. The molecule has 0 radical (unpaired) electrons. The first-order valence-corrected chi connectivity index (χ1v) is 4.28. The Morgan fingerprint density at radius 3 is 2.20 bits per heavy atom. The van der Waals surface area contributed by atoms with Gasteiger partial charge in [-0.05, 0) is 9.37 Å². The Labute approximate surface area is 56.7 Å². The van der Waals surface area contributed by atoms with Crippen LogP contribution in [0, 0.1) is 0 Å². The van der Waals surface area contributed by atoms with Gasteiger partial charge in [0.2, 0.25) is 0 Å². The summed E-state index contributed by atoms with van der Waals surface area (Å²) in [5.74, 6) is 0. The van der Waals surface area contributed by atoms with Crippen molar-refractivity contribution in [1.29, 1.82) is 0 Å². The lowest BCUT2D eigenvalue weighted by molar-refractivity contribution is -0.423. The average Bonchev–Trinajstić information content (AvgIpc) is 1.59. The van der Waals surface area contributed by atoms with Crippen LogP contribution in [0.1, 0.15) is 0 Å². The molecule has 0 aromatic carbocycles. The zero-order valence-electron chi connectivity index (χ0n) is 4.25. The van der Waals surface area contributed by atoms with Crippen LogP contribution in [0.25, 0.3) is 0 Å². The molecule has 0 amide bonds. The number of rotatable bonds is 4. The van der Waals surface area contributed by atoms with Gasteiger partial charge >= 0.3 is 19.6 Å². The van der Waals surface area contributed by atoms with Crippen LogP contribution in [0.4, 0.5) is 0 Å². The quantitative estimate of drug-likeness (QED) is 0.228. The molecule has 0 spiro atoms. The second-order valence-corrected chi connectivity index (χ2v) is 2.60. The fourth-order valence-corrected chi connectivity index (χ4v) is 0.318. The predicted octanol–water partition coefficient (Wildman–Crippen LogP) is -1.92. The Balaban J connectivity index is 3.49. The van der Waals surface area contributed by atoms with Crippen LogP contribution in [0.15, 0.2) is 0 Å². The van der Waals surface area contributed by atoms with Crippen molar-refractivity contribution in [3.05, 3.63) is 0 Å². The summed E-state index contributed by atoms with van der Waals surface area (Å²) in [5, 5.41) is 3.10. The third-order valence-corrected chi connectivity index (χ3v) is 0.657. The van der Waals surface area contributed by atoms with E-state index in [1.54, 1.807) is 0 Å². The van der Waals surface area contributed by atoms with Gasteiger partial charge in [-0.25, -0.2) is 0 Å². The van der Waals surface area contributed by atoms with Crippen molar-refractivity contribution in [3.63, 3.8) is 0 Å². The minimum atomic E-state index is -4.80. The van der Waals surface area contributed by atoms with Crippen molar-refractivity contribution in [3.8, 4) is 0 Å². The lowest BCUT2D eigenvalue weighted by Crippen LogP contribution is -2.10. The van der Waals surface area contributed by atoms with Crippen LogP contribution in [0.2, 0.25) is 0 Å². The summed E-state index contributed by atoms with van der Waals surface area (Å²) in [6.07, 6.45) is 0. The molecule has 10 heavy (non-hydrogen) atoms. The summed E-state index contributed by atoms with van der Waals surface area (Å²) in [5.41, 5.74) is 0. The number of hydrogen-bond acceptors (Lipinski definition) is 6. The molecule has 0 unspecified atom stereocenters. The molecule has 0 atom stereocenters. The van der Waals surface area contributed by atoms with Crippen molar-refractivity contribution < 1.29 is 36.2 Å². The van der Waals surface area contributed by atoms with E-state index >= 15 is 0 Å². The van der Waals surface area contributed by atoms with E-state index in [-0.39, 0.29) is 0 Å². The lowest BCUT2D eigenvalue weighted by Gasteiger charge is -1.92. The first-order valence-electron chi connectivity index (χ1n) is 1.65. The van der Waals surface area contributed by atoms with Gasteiger partial charge in [0.15, 0.2) is 0 Å². The van der Waals surface area contributed by atoms with Crippen LogP contribution in [0.5, 0.6) is 0 Å². The minimum Gasteiger partial charge on any atom is -0.510 e. The largest absolute Gasteiger partial charge is 0.800 e. The van der Waals surface area contributed by atoms with E-state index < -0.39 is 19.6 Å². The normalized spacial score (nSPS) is 10.9. The topological polar surface area (TPSA) is 119 Å². The van der Waals surface area contributed by atoms with E-state index in [1.165, 1.54) is 0 Å². The van der Waals surface area contributed by atoms with Crippen molar-refractivity contribution in [2.75, 3.05) is 0 Å². The molecule has 8 nitrogen and oxygen atoms in total. The molecule has 2 N–H and O–H groups in total. The molecule has 0 rings (SSSR count). The van der Waals surface area contributed by atoms with Gasteiger partial charge in [-0.3, -0.25) is 13.6 Å². The molecule has 0 saturated heterocycles. The van der Waals surface area contributed by atoms with Crippen molar-refractivity contribution in [1.82, 2.24) is 0 Å². The molecule has 0 aliphatic carbocycles. The molecule has 0 aliphatic heterocycles. The van der Waals surface area contributed by atoms with Crippen molar-refractivity contribution in [2.45, 2.75) is 0 Å².